The first-order chi connectivity index (χ1) is 14.7. The molecule has 4 rings (SSSR count). The number of hydrogen-bond acceptors (Lipinski definition) is 6. The number of hydrogen-bond donors (Lipinski definition) is 0. The Morgan fingerprint density at radius 3 is 2.67 bits per heavy atom. The summed E-state index contributed by atoms with van der Waals surface area (Å²) in [6.07, 6.45) is 2.16. The molecule has 1 aromatic heterocycles. The summed E-state index contributed by atoms with van der Waals surface area (Å²) in [7, 11) is 0. The van der Waals surface area contributed by atoms with Crippen molar-refractivity contribution in [1.82, 2.24) is 15.0 Å². The second kappa shape index (κ2) is 9.86. The average Bonchev–Trinajstić information content (AvgIpc) is 3.49. The first kappa shape index (κ1) is 20.6. The van der Waals surface area contributed by atoms with E-state index >= 15 is 0 Å². The van der Waals surface area contributed by atoms with Crippen LogP contribution in [0.4, 0.5) is 0 Å². The van der Waals surface area contributed by atoms with E-state index in [-0.39, 0.29) is 30.0 Å². The minimum absolute atomic E-state index is 0.00654. The lowest BCUT2D eigenvalue weighted by Crippen LogP contribution is -2.44. The van der Waals surface area contributed by atoms with Crippen LogP contribution in [0.5, 0.6) is 0 Å². The van der Waals surface area contributed by atoms with Gasteiger partial charge in [0.15, 0.2) is 11.5 Å². The van der Waals surface area contributed by atoms with Gasteiger partial charge in [0.1, 0.15) is 0 Å². The Hall–Kier alpha value is -2.71. The van der Waals surface area contributed by atoms with E-state index in [0.29, 0.717) is 51.8 Å². The molecule has 0 N–H and O–H groups in total. The lowest BCUT2D eigenvalue weighted by molar-refractivity contribution is -0.135. The Balaban J connectivity index is 1.43. The largest absolute Gasteiger partial charge is 0.378 e. The van der Waals surface area contributed by atoms with E-state index in [1.54, 1.807) is 15.9 Å². The van der Waals surface area contributed by atoms with Crippen LogP contribution in [-0.2, 0) is 14.3 Å². The number of carbonyl (C=O) groups is 2. The van der Waals surface area contributed by atoms with Gasteiger partial charge in [0, 0.05) is 50.8 Å². The molecular formula is C22H27N3O5. The zero-order chi connectivity index (χ0) is 20.8. The van der Waals surface area contributed by atoms with Crippen LogP contribution in [0.1, 0.15) is 29.8 Å². The van der Waals surface area contributed by atoms with Gasteiger partial charge in [-0.2, -0.15) is 0 Å². The fraction of sp³-hybridized carbons (Fsp3) is 0.500. The molecular weight excluding hydrogens is 386 g/mol. The zero-order valence-corrected chi connectivity index (χ0v) is 17.0. The summed E-state index contributed by atoms with van der Waals surface area (Å²) < 4.78 is 16.4. The lowest BCUT2D eigenvalue weighted by atomic mass is 10.1. The number of morpholine rings is 1. The van der Waals surface area contributed by atoms with Crippen molar-refractivity contribution < 1.29 is 23.6 Å². The summed E-state index contributed by atoms with van der Waals surface area (Å²) in [4.78, 5) is 29.2. The number of nitrogens with zero attached hydrogens (tertiary/aromatic N) is 3. The van der Waals surface area contributed by atoms with Crippen molar-refractivity contribution in [2.45, 2.75) is 25.4 Å². The van der Waals surface area contributed by atoms with Crippen molar-refractivity contribution >= 4 is 11.8 Å². The summed E-state index contributed by atoms with van der Waals surface area (Å²) in [6.45, 7) is 3.80. The molecule has 2 aromatic rings. The van der Waals surface area contributed by atoms with Crippen LogP contribution in [0.3, 0.4) is 0 Å². The van der Waals surface area contributed by atoms with Gasteiger partial charge >= 0.3 is 0 Å². The van der Waals surface area contributed by atoms with Crippen LogP contribution in [0.15, 0.2) is 40.9 Å². The molecule has 1 unspecified atom stereocenters. The van der Waals surface area contributed by atoms with Gasteiger partial charge < -0.3 is 23.8 Å². The monoisotopic (exact) mass is 413 g/mol. The molecule has 2 amide bonds. The van der Waals surface area contributed by atoms with Crippen molar-refractivity contribution in [3.05, 3.63) is 42.1 Å². The molecule has 0 radical (unpaired) electrons. The van der Waals surface area contributed by atoms with Gasteiger partial charge in [-0.1, -0.05) is 35.5 Å². The molecule has 3 heterocycles. The van der Waals surface area contributed by atoms with E-state index in [1.165, 1.54) is 0 Å². The predicted molar refractivity (Wildman–Crippen MR) is 109 cm³/mol. The second-order valence-electron chi connectivity index (χ2n) is 7.57. The van der Waals surface area contributed by atoms with Crippen molar-refractivity contribution in [1.29, 1.82) is 0 Å². The number of amides is 2. The molecule has 2 aliphatic heterocycles. The van der Waals surface area contributed by atoms with E-state index < -0.39 is 0 Å². The maximum Gasteiger partial charge on any atom is 0.276 e. The van der Waals surface area contributed by atoms with E-state index in [9.17, 15) is 9.59 Å². The molecule has 8 nitrogen and oxygen atoms in total. The third-order valence-electron chi connectivity index (χ3n) is 5.48. The molecule has 0 aliphatic carbocycles. The van der Waals surface area contributed by atoms with Crippen LogP contribution >= 0.6 is 0 Å². The van der Waals surface area contributed by atoms with Crippen LogP contribution in [-0.4, -0.2) is 78.9 Å². The summed E-state index contributed by atoms with van der Waals surface area (Å²) in [5, 5.41) is 3.99. The van der Waals surface area contributed by atoms with Gasteiger partial charge in [-0.15, -0.1) is 0 Å². The maximum absolute atomic E-state index is 13.2. The van der Waals surface area contributed by atoms with E-state index in [4.69, 9.17) is 14.0 Å². The summed E-state index contributed by atoms with van der Waals surface area (Å²) in [5.74, 6) is 0.334. The summed E-state index contributed by atoms with van der Waals surface area (Å²) in [5.41, 5.74) is 1.10. The maximum atomic E-state index is 13.2. The second-order valence-corrected chi connectivity index (χ2v) is 7.57. The van der Waals surface area contributed by atoms with E-state index in [1.807, 2.05) is 30.3 Å². The topological polar surface area (TPSA) is 85.1 Å². The van der Waals surface area contributed by atoms with Crippen LogP contribution in [0, 0.1) is 0 Å². The Bertz CT molecular complexity index is 841. The molecule has 0 saturated carbocycles. The van der Waals surface area contributed by atoms with Gasteiger partial charge in [0.2, 0.25) is 5.91 Å². The highest BCUT2D eigenvalue weighted by Crippen LogP contribution is 2.21. The standard InChI is InChI=1S/C22H27N3O5/c26-21(24-10-13-28-14-11-24)8-9-25(16-18-7-4-12-29-18)22(27)19-15-20(30-23-19)17-5-2-1-3-6-17/h1-3,5-6,15,18H,4,7-14,16H2. The Morgan fingerprint density at radius 1 is 1.13 bits per heavy atom. The van der Waals surface area contributed by atoms with Crippen LogP contribution < -0.4 is 0 Å². The predicted octanol–water partition coefficient (Wildman–Crippen LogP) is 2.21. The van der Waals surface area contributed by atoms with Crippen molar-refractivity contribution in [3.63, 3.8) is 0 Å². The lowest BCUT2D eigenvalue weighted by Gasteiger charge is -2.29. The first-order valence-corrected chi connectivity index (χ1v) is 10.5. The highest BCUT2D eigenvalue weighted by Gasteiger charge is 2.27. The first-order valence-electron chi connectivity index (χ1n) is 10.5. The summed E-state index contributed by atoms with van der Waals surface area (Å²) in [6, 6.07) is 11.2. The quantitative estimate of drug-likeness (QED) is 0.692. The van der Waals surface area contributed by atoms with Crippen molar-refractivity contribution in [2.75, 3.05) is 46.0 Å². The third-order valence-corrected chi connectivity index (χ3v) is 5.48. The number of carbonyl (C=O) groups excluding carboxylic acids is 2. The van der Waals surface area contributed by atoms with Crippen LogP contribution in [0.2, 0.25) is 0 Å². The molecule has 8 heteroatoms. The third kappa shape index (κ3) is 5.06. The molecule has 2 fully saturated rings. The van der Waals surface area contributed by atoms with Gasteiger partial charge in [-0.25, -0.2) is 0 Å². The van der Waals surface area contributed by atoms with Gasteiger partial charge in [-0.05, 0) is 12.8 Å². The molecule has 2 saturated heterocycles. The Morgan fingerprint density at radius 2 is 1.93 bits per heavy atom. The van der Waals surface area contributed by atoms with Gasteiger partial charge in [0.05, 0.1) is 19.3 Å². The normalized spacial score (nSPS) is 19.1. The fourth-order valence-electron chi connectivity index (χ4n) is 3.79. The molecule has 2 aliphatic rings. The molecule has 1 atom stereocenters. The highest BCUT2D eigenvalue weighted by atomic mass is 16.5. The van der Waals surface area contributed by atoms with Crippen molar-refractivity contribution in [3.8, 4) is 11.3 Å². The minimum Gasteiger partial charge on any atom is -0.378 e. The van der Waals surface area contributed by atoms with Crippen LogP contribution in [0.25, 0.3) is 11.3 Å². The number of benzene rings is 1. The zero-order valence-electron chi connectivity index (χ0n) is 17.0. The molecule has 0 bridgehead atoms. The molecule has 160 valence electrons. The average molecular weight is 413 g/mol. The van der Waals surface area contributed by atoms with Gasteiger partial charge in [-0.3, -0.25) is 9.59 Å². The fourth-order valence-corrected chi connectivity index (χ4v) is 3.79. The molecule has 0 spiro atoms. The van der Waals surface area contributed by atoms with E-state index in [2.05, 4.69) is 5.16 Å². The summed E-state index contributed by atoms with van der Waals surface area (Å²) >= 11 is 0. The SMILES string of the molecule is O=C(CCN(CC1CCCO1)C(=O)c1cc(-c2ccccc2)on1)N1CCOCC1. The number of aromatic nitrogens is 1. The Kier molecular flexibility index (Phi) is 6.76. The van der Waals surface area contributed by atoms with Gasteiger partial charge in [0.25, 0.3) is 5.91 Å². The van der Waals surface area contributed by atoms with E-state index in [0.717, 1.165) is 18.4 Å². The number of rotatable bonds is 7. The Labute approximate surface area is 175 Å². The highest BCUT2D eigenvalue weighted by molar-refractivity contribution is 5.93. The molecule has 1 aromatic carbocycles. The minimum atomic E-state index is -0.244. The number of ether oxygens (including phenoxy) is 2. The molecule has 30 heavy (non-hydrogen) atoms. The smallest absolute Gasteiger partial charge is 0.276 e. The van der Waals surface area contributed by atoms with Crippen molar-refractivity contribution in [2.24, 2.45) is 0 Å².